The van der Waals surface area contributed by atoms with E-state index in [1.165, 1.54) is 0 Å². The van der Waals surface area contributed by atoms with Crippen LogP contribution >= 0.6 is 24.0 Å². The predicted octanol–water partition coefficient (Wildman–Crippen LogP) is 3.90. The van der Waals surface area contributed by atoms with Gasteiger partial charge in [0.15, 0.2) is 23.2 Å². The van der Waals surface area contributed by atoms with Gasteiger partial charge in [0.1, 0.15) is 5.69 Å². The summed E-state index contributed by atoms with van der Waals surface area (Å²) in [6.45, 7) is 0.308. The second-order valence-corrected chi connectivity index (χ2v) is 5.44. The monoisotopic (exact) mass is 480 g/mol. The van der Waals surface area contributed by atoms with E-state index in [1.807, 2.05) is 42.5 Å². The Labute approximate surface area is 174 Å². The zero-order valence-electron chi connectivity index (χ0n) is 15.0. The van der Waals surface area contributed by atoms with Crippen LogP contribution in [0.3, 0.4) is 0 Å². The van der Waals surface area contributed by atoms with Crippen molar-refractivity contribution in [3.05, 3.63) is 60.3 Å². The lowest BCUT2D eigenvalue weighted by atomic mass is 10.2. The molecule has 27 heavy (non-hydrogen) atoms. The molecule has 1 aromatic heterocycles. The molecule has 0 aliphatic carbocycles. The van der Waals surface area contributed by atoms with Crippen LogP contribution in [-0.4, -0.2) is 25.3 Å². The van der Waals surface area contributed by atoms with Gasteiger partial charge in [0.05, 0.1) is 20.8 Å². The molecule has 0 saturated carbocycles. The summed E-state index contributed by atoms with van der Waals surface area (Å²) in [5.41, 5.74) is 8.35. The molecule has 0 spiro atoms. The molecule has 3 N–H and O–H groups in total. The zero-order chi connectivity index (χ0) is 18.4. The van der Waals surface area contributed by atoms with Gasteiger partial charge in [-0.05, 0) is 12.1 Å². The molecule has 0 bridgehead atoms. The van der Waals surface area contributed by atoms with E-state index >= 15 is 0 Å². The minimum absolute atomic E-state index is 0. The number of hydrogen-bond donors (Lipinski definition) is 2. The molecule has 142 valence electrons. The molecule has 3 aromatic rings. The second kappa shape index (κ2) is 9.81. The molecule has 0 saturated heterocycles. The molecule has 0 aliphatic heterocycles. The van der Waals surface area contributed by atoms with E-state index in [1.54, 1.807) is 26.4 Å². The van der Waals surface area contributed by atoms with Crippen molar-refractivity contribution in [1.29, 1.82) is 0 Å². The Balaban J connectivity index is 0.00000261. The standard InChI is InChI=1S/C19H20N4O3.HI/c1-24-16-9-8-14(10-18(16)25-2)22-19(20)21-12-15-11-17(26-23-15)13-6-4-3-5-7-13;/h3-11H,12H2,1-2H3,(H3,20,21,22);1H. The van der Waals surface area contributed by atoms with Crippen LogP contribution in [0.1, 0.15) is 5.69 Å². The van der Waals surface area contributed by atoms with E-state index in [0.717, 1.165) is 11.3 Å². The molecule has 2 aromatic carbocycles. The summed E-state index contributed by atoms with van der Waals surface area (Å²) < 4.78 is 15.8. The van der Waals surface area contributed by atoms with Gasteiger partial charge >= 0.3 is 0 Å². The lowest BCUT2D eigenvalue weighted by Crippen LogP contribution is -2.22. The maximum Gasteiger partial charge on any atom is 0.193 e. The molecule has 1 heterocycles. The number of guanidine groups is 1. The molecule has 0 fully saturated rings. The Morgan fingerprint density at radius 3 is 2.52 bits per heavy atom. The Hall–Kier alpha value is -2.75. The van der Waals surface area contributed by atoms with Crippen LogP contribution in [0.4, 0.5) is 5.69 Å². The van der Waals surface area contributed by atoms with E-state index in [2.05, 4.69) is 15.5 Å². The molecule has 0 atom stereocenters. The summed E-state index contributed by atoms with van der Waals surface area (Å²) in [7, 11) is 3.16. The first-order valence-corrected chi connectivity index (χ1v) is 7.99. The third-order valence-electron chi connectivity index (χ3n) is 3.68. The van der Waals surface area contributed by atoms with Gasteiger partial charge in [-0.2, -0.15) is 0 Å². The Morgan fingerprint density at radius 1 is 1.07 bits per heavy atom. The number of rotatable bonds is 6. The number of benzene rings is 2. The lowest BCUT2D eigenvalue weighted by molar-refractivity contribution is 0.355. The van der Waals surface area contributed by atoms with Gasteiger partial charge in [0.2, 0.25) is 0 Å². The van der Waals surface area contributed by atoms with E-state index in [-0.39, 0.29) is 29.9 Å². The molecule has 0 unspecified atom stereocenters. The molecule has 0 aliphatic rings. The average molecular weight is 480 g/mol. The van der Waals surface area contributed by atoms with Crippen molar-refractivity contribution in [3.63, 3.8) is 0 Å². The number of aliphatic imine (C=N–C) groups is 1. The molecule has 0 amide bonds. The quantitative estimate of drug-likeness (QED) is 0.316. The maximum absolute atomic E-state index is 5.94. The highest BCUT2D eigenvalue weighted by molar-refractivity contribution is 14.0. The van der Waals surface area contributed by atoms with E-state index in [9.17, 15) is 0 Å². The van der Waals surface area contributed by atoms with Crippen molar-refractivity contribution in [2.75, 3.05) is 19.5 Å². The van der Waals surface area contributed by atoms with Crippen LogP contribution in [0, 0.1) is 0 Å². The van der Waals surface area contributed by atoms with Gasteiger partial charge in [-0.1, -0.05) is 35.5 Å². The number of nitrogens with two attached hydrogens (primary N) is 1. The van der Waals surface area contributed by atoms with Crippen molar-refractivity contribution in [3.8, 4) is 22.8 Å². The third-order valence-corrected chi connectivity index (χ3v) is 3.68. The summed E-state index contributed by atoms with van der Waals surface area (Å²) in [6.07, 6.45) is 0. The fourth-order valence-corrected chi connectivity index (χ4v) is 2.39. The van der Waals surface area contributed by atoms with Gasteiger partial charge in [-0.3, -0.25) is 0 Å². The van der Waals surface area contributed by atoms with Crippen LogP contribution in [0.25, 0.3) is 11.3 Å². The lowest BCUT2D eigenvalue weighted by Gasteiger charge is -2.10. The van der Waals surface area contributed by atoms with Gasteiger partial charge in [-0.25, -0.2) is 4.99 Å². The highest BCUT2D eigenvalue weighted by Crippen LogP contribution is 2.29. The Morgan fingerprint density at radius 2 is 1.81 bits per heavy atom. The Kier molecular flexibility index (Phi) is 7.47. The number of nitrogens with zero attached hydrogens (tertiary/aromatic N) is 2. The first-order valence-electron chi connectivity index (χ1n) is 7.99. The van der Waals surface area contributed by atoms with Crippen molar-refractivity contribution < 1.29 is 14.0 Å². The normalized spacial score (nSPS) is 10.8. The number of ether oxygens (including phenoxy) is 2. The number of methoxy groups -OCH3 is 2. The molecular formula is C19H21IN4O3. The SMILES string of the molecule is COc1ccc(NC(N)=NCc2cc(-c3ccccc3)on2)cc1OC.I. The van der Waals surface area contributed by atoms with Crippen molar-refractivity contribution >= 4 is 35.6 Å². The van der Waals surface area contributed by atoms with Gasteiger partial charge < -0.3 is 25.0 Å². The van der Waals surface area contributed by atoms with Gasteiger partial charge in [0, 0.05) is 23.4 Å². The summed E-state index contributed by atoms with van der Waals surface area (Å²) >= 11 is 0. The van der Waals surface area contributed by atoms with Crippen LogP contribution in [0.15, 0.2) is 64.1 Å². The van der Waals surface area contributed by atoms with Gasteiger partial charge in [-0.15, -0.1) is 24.0 Å². The summed E-state index contributed by atoms with van der Waals surface area (Å²) in [5.74, 6) is 2.21. The highest BCUT2D eigenvalue weighted by atomic mass is 127. The van der Waals surface area contributed by atoms with Crippen LogP contribution in [0.5, 0.6) is 11.5 Å². The largest absolute Gasteiger partial charge is 0.493 e. The van der Waals surface area contributed by atoms with Crippen molar-refractivity contribution in [2.45, 2.75) is 6.54 Å². The summed E-state index contributed by atoms with van der Waals surface area (Å²) in [6, 6.07) is 17.0. The molecular weight excluding hydrogens is 459 g/mol. The summed E-state index contributed by atoms with van der Waals surface area (Å²) in [5, 5.41) is 7.03. The number of aromatic nitrogens is 1. The van der Waals surface area contributed by atoms with E-state index in [0.29, 0.717) is 29.5 Å². The highest BCUT2D eigenvalue weighted by Gasteiger charge is 2.07. The zero-order valence-corrected chi connectivity index (χ0v) is 17.3. The topological polar surface area (TPSA) is 94.9 Å². The molecule has 7 nitrogen and oxygen atoms in total. The minimum atomic E-state index is 0. The van der Waals surface area contributed by atoms with E-state index < -0.39 is 0 Å². The second-order valence-electron chi connectivity index (χ2n) is 5.44. The number of anilines is 1. The number of halogens is 1. The molecule has 8 heteroatoms. The van der Waals surface area contributed by atoms with Crippen LogP contribution in [0.2, 0.25) is 0 Å². The van der Waals surface area contributed by atoms with E-state index in [4.69, 9.17) is 19.7 Å². The third kappa shape index (κ3) is 5.36. The molecule has 3 rings (SSSR count). The smallest absolute Gasteiger partial charge is 0.193 e. The first kappa shape index (κ1) is 20.6. The van der Waals surface area contributed by atoms with Crippen molar-refractivity contribution in [1.82, 2.24) is 5.16 Å². The van der Waals surface area contributed by atoms with Crippen molar-refractivity contribution in [2.24, 2.45) is 10.7 Å². The van der Waals surface area contributed by atoms with Gasteiger partial charge in [0.25, 0.3) is 0 Å². The molecule has 0 radical (unpaired) electrons. The fourth-order valence-electron chi connectivity index (χ4n) is 2.39. The maximum atomic E-state index is 5.94. The predicted molar refractivity (Wildman–Crippen MR) is 116 cm³/mol. The fraction of sp³-hybridized carbons (Fsp3) is 0.158. The first-order chi connectivity index (χ1) is 12.7. The van der Waals surface area contributed by atoms with Crippen LogP contribution in [-0.2, 0) is 6.54 Å². The van der Waals surface area contributed by atoms with Crippen LogP contribution < -0.4 is 20.5 Å². The number of nitrogens with one attached hydrogen (secondary N) is 1. The minimum Gasteiger partial charge on any atom is -0.493 e. The number of hydrogen-bond acceptors (Lipinski definition) is 5. The average Bonchev–Trinajstić information content (AvgIpc) is 3.16. The Bertz CT molecular complexity index is 897. The summed E-state index contributed by atoms with van der Waals surface area (Å²) in [4.78, 5) is 4.28.